The highest BCUT2D eigenvalue weighted by atomic mass is 16.5. The Balaban J connectivity index is 1.87. The molecule has 1 atom stereocenters. The van der Waals surface area contributed by atoms with Crippen molar-refractivity contribution in [1.82, 2.24) is 5.32 Å². The van der Waals surface area contributed by atoms with Crippen LogP contribution >= 0.6 is 0 Å². The van der Waals surface area contributed by atoms with Crippen molar-refractivity contribution in [2.24, 2.45) is 0 Å². The number of anilines is 2. The molecule has 1 amide bonds. The lowest BCUT2D eigenvalue weighted by molar-refractivity contribution is 0.187. The predicted octanol–water partition coefficient (Wildman–Crippen LogP) is 2.03. The summed E-state index contributed by atoms with van der Waals surface area (Å²) in [6.45, 7) is 2.01. The minimum Gasteiger partial charge on any atom is -0.453 e. The average Bonchev–Trinajstić information content (AvgIpc) is 2.90. The standard InChI is InChI=1S/C13H19N3O2/c1-18-13(17)16-11-5-2-4-10(8-11)15-9-12-6-3-7-14-12/h2,4-5,8,12,14-15H,3,6-7,9H2,1H3,(H,16,17). The fourth-order valence-electron chi connectivity index (χ4n) is 2.05. The molecule has 0 bridgehead atoms. The third-order valence-electron chi connectivity index (χ3n) is 3.01. The first-order valence-corrected chi connectivity index (χ1v) is 6.20. The third-order valence-corrected chi connectivity index (χ3v) is 3.01. The molecule has 0 aliphatic carbocycles. The van der Waals surface area contributed by atoms with Crippen LogP contribution in [0.25, 0.3) is 0 Å². The van der Waals surface area contributed by atoms with Crippen LogP contribution in [-0.2, 0) is 4.74 Å². The van der Waals surface area contributed by atoms with Gasteiger partial charge in [0.15, 0.2) is 0 Å². The summed E-state index contributed by atoms with van der Waals surface area (Å²) in [5.41, 5.74) is 1.73. The number of methoxy groups -OCH3 is 1. The van der Waals surface area contributed by atoms with Crippen molar-refractivity contribution < 1.29 is 9.53 Å². The maximum atomic E-state index is 11.1. The number of hydrogen-bond donors (Lipinski definition) is 3. The first kappa shape index (κ1) is 12.7. The zero-order valence-electron chi connectivity index (χ0n) is 10.5. The Morgan fingerprint density at radius 3 is 3.06 bits per heavy atom. The molecule has 1 unspecified atom stereocenters. The molecule has 0 aromatic heterocycles. The maximum Gasteiger partial charge on any atom is 0.411 e. The summed E-state index contributed by atoms with van der Waals surface area (Å²) in [5.74, 6) is 0. The van der Waals surface area contributed by atoms with E-state index in [0.717, 1.165) is 24.5 Å². The lowest BCUT2D eigenvalue weighted by Crippen LogP contribution is -2.29. The molecule has 5 nitrogen and oxygen atoms in total. The molecule has 1 aliphatic rings. The molecule has 98 valence electrons. The normalized spacial score (nSPS) is 18.4. The molecule has 1 saturated heterocycles. The zero-order chi connectivity index (χ0) is 12.8. The lowest BCUT2D eigenvalue weighted by atomic mass is 10.2. The number of benzene rings is 1. The summed E-state index contributed by atoms with van der Waals surface area (Å²) in [6, 6.07) is 8.15. The largest absolute Gasteiger partial charge is 0.453 e. The van der Waals surface area contributed by atoms with Crippen molar-refractivity contribution in [3.05, 3.63) is 24.3 Å². The van der Waals surface area contributed by atoms with Gasteiger partial charge < -0.3 is 15.4 Å². The number of nitrogens with one attached hydrogen (secondary N) is 3. The minimum absolute atomic E-state index is 0.454. The number of hydrogen-bond acceptors (Lipinski definition) is 4. The van der Waals surface area contributed by atoms with Crippen LogP contribution in [0.4, 0.5) is 16.2 Å². The molecule has 18 heavy (non-hydrogen) atoms. The van der Waals surface area contributed by atoms with Crippen molar-refractivity contribution >= 4 is 17.5 Å². The van der Waals surface area contributed by atoms with Crippen LogP contribution < -0.4 is 16.0 Å². The molecule has 1 heterocycles. The van der Waals surface area contributed by atoms with Crippen LogP contribution in [0.1, 0.15) is 12.8 Å². The summed E-state index contributed by atoms with van der Waals surface area (Å²) in [5, 5.41) is 9.44. The zero-order valence-corrected chi connectivity index (χ0v) is 10.5. The fraction of sp³-hybridized carbons (Fsp3) is 0.462. The van der Waals surface area contributed by atoms with Crippen LogP contribution in [0.2, 0.25) is 0 Å². The molecule has 1 fully saturated rings. The topological polar surface area (TPSA) is 62.4 Å². The van der Waals surface area contributed by atoms with Gasteiger partial charge in [-0.15, -0.1) is 0 Å². The summed E-state index contributed by atoms with van der Waals surface area (Å²) in [6.07, 6.45) is 2.01. The lowest BCUT2D eigenvalue weighted by Gasteiger charge is -2.13. The van der Waals surface area contributed by atoms with Crippen LogP contribution in [-0.4, -0.2) is 32.3 Å². The number of amides is 1. The second-order valence-electron chi connectivity index (χ2n) is 4.37. The van der Waals surface area contributed by atoms with Crippen molar-refractivity contribution in [3.8, 4) is 0 Å². The van der Waals surface area contributed by atoms with Gasteiger partial charge in [0.05, 0.1) is 7.11 Å². The Morgan fingerprint density at radius 2 is 2.33 bits per heavy atom. The van der Waals surface area contributed by atoms with Crippen molar-refractivity contribution in [2.75, 3.05) is 30.8 Å². The van der Waals surface area contributed by atoms with Gasteiger partial charge in [-0.1, -0.05) is 6.07 Å². The molecule has 0 spiro atoms. The Hall–Kier alpha value is -1.75. The first-order valence-electron chi connectivity index (χ1n) is 6.20. The van der Waals surface area contributed by atoms with Gasteiger partial charge in [0.1, 0.15) is 0 Å². The molecule has 3 N–H and O–H groups in total. The fourth-order valence-corrected chi connectivity index (χ4v) is 2.05. The third kappa shape index (κ3) is 3.63. The molecule has 1 aliphatic heterocycles. The van der Waals surface area contributed by atoms with Crippen LogP contribution in [0, 0.1) is 0 Å². The van der Waals surface area contributed by atoms with E-state index in [0.29, 0.717) is 6.04 Å². The summed E-state index contributed by atoms with van der Waals surface area (Å²) in [4.78, 5) is 11.1. The monoisotopic (exact) mass is 249 g/mol. The molecule has 2 rings (SSSR count). The molecular weight excluding hydrogens is 230 g/mol. The van der Waals surface area contributed by atoms with Gasteiger partial charge in [0.2, 0.25) is 0 Å². The Bertz CT molecular complexity index is 403. The molecule has 0 saturated carbocycles. The predicted molar refractivity (Wildman–Crippen MR) is 72.0 cm³/mol. The van der Waals surface area contributed by atoms with E-state index in [1.54, 1.807) is 0 Å². The number of carbonyl (C=O) groups is 1. The molecule has 1 aromatic carbocycles. The highest BCUT2D eigenvalue weighted by molar-refractivity contribution is 5.85. The Labute approximate surface area is 107 Å². The summed E-state index contributed by atoms with van der Waals surface area (Å²) in [7, 11) is 1.35. The van der Waals surface area contributed by atoms with E-state index < -0.39 is 6.09 Å². The SMILES string of the molecule is COC(=O)Nc1cccc(NCC2CCCN2)c1. The van der Waals surface area contributed by atoms with Gasteiger partial charge >= 0.3 is 6.09 Å². The molecule has 5 heteroatoms. The van der Waals surface area contributed by atoms with Gasteiger partial charge in [-0.3, -0.25) is 5.32 Å². The number of carbonyl (C=O) groups excluding carboxylic acids is 1. The van der Waals surface area contributed by atoms with Crippen LogP contribution in [0.15, 0.2) is 24.3 Å². The van der Waals surface area contributed by atoms with E-state index in [2.05, 4.69) is 20.7 Å². The average molecular weight is 249 g/mol. The van der Waals surface area contributed by atoms with Gasteiger partial charge in [-0.05, 0) is 37.6 Å². The van der Waals surface area contributed by atoms with E-state index in [9.17, 15) is 4.79 Å². The minimum atomic E-state index is -0.454. The molecule has 1 aromatic rings. The number of rotatable bonds is 4. The Kier molecular flexibility index (Phi) is 4.41. The second kappa shape index (κ2) is 6.26. The molecular formula is C13H19N3O2. The summed E-state index contributed by atoms with van der Waals surface area (Å²) >= 11 is 0. The first-order chi connectivity index (χ1) is 8.78. The van der Waals surface area contributed by atoms with Crippen molar-refractivity contribution in [1.29, 1.82) is 0 Å². The van der Waals surface area contributed by atoms with E-state index in [-0.39, 0.29) is 0 Å². The van der Waals surface area contributed by atoms with E-state index in [4.69, 9.17) is 0 Å². The van der Waals surface area contributed by atoms with Gasteiger partial charge in [-0.25, -0.2) is 4.79 Å². The van der Waals surface area contributed by atoms with Gasteiger partial charge in [0.25, 0.3) is 0 Å². The van der Waals surface area contributed by atoms with Crippen molar-refractivity contribution in [2.45, 2.75) is 18.9 Å². The van der Waals surface area contributed by atoms with Gasteiger partial charge in [-0.2, -0.15) is 0 Å². The molecule has 0 radical (unpaired) electrons. The quantitative estimate of drug-likeness (QED) is 0.764. The van der Waals surface area contributed by atoms with Crippen LogP contribution in [0.3, 0.4) is 0 Å². The van der Waals surface area contributed by atoms with Crippen molar-refractivity contribution in [3.63, 3.8) is 0 Å². The summed E-state index contributed by atoms with van der Waals surface area (Å²) < 4.78 is 4.55. The number of ether oxygens (including phenoxy) is 1. The smallest absolute Gasteiger partial charge is 0.411 e. The Morgan fingerprint density at radius 1 is 1.50 bits per heavy atom. The van der Waals surface area contributed by atoms with E-state index in [1.807, 2.05) is 24.3 Å². The second-order valence-corrected chi connectivity index (χ2v) is 4.37. The van der Waals surface area contributed by atoms with Crippen LogP contribution in [0.5, 0.6) is 0 Å². The van der Waals surface area contributed by atoms with E-state index >= 15 is 0 Å². The van der Waals surface area contributed by atoms with E-state index in [1.165, 1.54) is 20.0 Å². The highest BCUT2D eigenvalue weighted by Crippen LogP contribution is 2.16. The van der Waals surface area contributed by atoms with Gasteiger partial charge in [0, 0.05) is 24.0 Å². The highest BCUT2D eigenvalue weighted by Gasteiger charge is 2.13. The maximum absolute atomic E-state index is 11.1.